The Morgan fingerprint density at radius 3 is 3.00 bits per heavy atom. The maximum Gasteiger partial charge on any atom is 0.236 e. The molecular weight excluding hydrogens is 266 g/mol. The summed E-state index contributed by atoms with van der Waals surface area (Å²) in [4.78, 5) is 19.5. The molecule has 0 unspecified atom stereocenters. The monoisotopic (exact) mass is 287 g/mol. The van der Waals surface area contributed by atoms with Crippen molar-refractivity contribution in [1.82, 2.24) is 14.8 Å². The van der Waals surface area contributed by atoms with Crippen LogP contribution < -0.4 is 0 Å². The van der Waals surface area contributed by atoms with Gasteiger partial charge in [-0.05, 0) is 17.7 Å². The van der Waals surface area contributed by atoms with Gasteiger partial charge in [-0.3, -0.25) is 9.69 Å². The summed E-state index contributed by atoms with van der Waals surface area (Å²) in [6.07, 6.45) is 1.96. The molecule has 5 heteroatoms. The summed E-state index contributed by atoms with van der Waals surface area (Å²) in [5.41, 5.74) is 2.42. The Kier molecular flexibility index (Phi) is 4.22. The SMILES string of the molecule is COCCN1CCN(Cc2cccc3[nH]ccc23)CC1=O. The second-order valence-electron chi connectivity index (χ2n) is 5.44. The van der Waals surface area contributed by atoms with Crippen LogP contribution in [-0.2, 0) is 16.1 Å². The van der Waals surface area contributed by atoms with E-state index in [9.17, 15) is 4.79 Å². The molecule has 1 aliphatic heterocycles. The molecule has 21 heavy (non-hydrogen) atoms. The van der Waals surface area contributed by atoms with Crippen LogP contribution in [0.2, 0.25) is 0 Å². The van der Waals surface area contributed by atoms with Gasteiger partial charge in [0.25, 0.3) is 0 Å². The average molecular weight is 287 g/mol. The van der Waals surface area contributed by atoms with E-state index in [0.29, 0.717) is 19.7 Å². The average Bonchev–Trinajstić information content (AvgIpc) is 2.96. The number of H-pyrrole nitrogens is 1. The summed E-state index contributed by atoms with van der Waals surface area (Å²) < 4.78 is 5.04. The molecule has 1 aliphatic rings. The maximum absolute atomic E-state index is 12.1. The molecule has 1 aromatic heterocycles. The first-order valence-corrected chi connectivity index (χ1v) is 7.32. The van der Waals surface area contributed by atoms with Gasteiger partial charge in [-0.15, -0.1) is 0 Å². The van der Waals surface area contributed by atoms with Crippen molar-refractivity contribution in [2.45, 2.75) is 6.54 Å². The summed E-state index contributed by atoms with van der Waals surface area (Å²) >= 11 is 0. The van der Waals surface area contributed by atoms with Crippen molar-refractivity contribution in [3.8, 4) is 0 Å². The number of carbonyl (C=O) groups excluding carboxylic acids is 1. The van der Waals surface area contributed by atoms with Gasteiger partial charge in [0.2, 0.25) is 5.91 Å². The predicted molar refractivity (Wildman–Crippen MR) is 82.0 cm³/mol. The van der Waals surface area contributed by atoms with Crippen LogP contribution in [0, 0.1) is 0 Å². The standard InChI is InChI=1S/C16H21N3O2/c1-21-10-9-19-8-7-18(12-16(19)20)11-13-3-2-4-15-14(13)5-6-17-15/h2-6,17H,7-12H2,1H3. The lowest BCUT2D eigenvalue weighted by Crippen LogP contribution is -2.50. The number of aromatic nitrogens is 1. The van der Waals surface area contributed by atoms with Crippen molar-refractivity contribution in [2.75, 3.05) is 39.9 Å². The molecule has 1 saturated heterocycles. The van der Waals surface area contributed by atoms with Crippen LogP contribution in [0.1, 0.15) is 5.56 Å². The van der Waals surface area contributed by atoms with E-state index in [1.807, 2.05) is 11.1 Å². The number of benzene rings is 1. The maximum atomic E-state index is 12.1. The Morgan fingerprint density at radius 2 is 2.19 bits per heavy atom. The normalized spacial score (nSPS) is 16.8. The number of aromatic amines is 1. The zero-order valence-electron chi connectivity index (χ0n) is 12.3. The molecule has 2 heterocycles. The molecule has 0 bridgehead atoms. The van der Waals surface area contributed by atoms with Crippen LogP contribution in [0.25, 0.3) is 10.9 Å². The Hall–Kier alpha value is -1.85. The Bertz CT molecular complexity index is 623. The van der Waals surface area contributed by atoms with Crippen LogP contribution in [0.5, 0.6) is 0 Å². The quantitative estimate of drug-likeness (QED) is 0.905. The highest BCUT2D eigenvalue weighted by atomic mass is 16.5. The molecule has 2 aromatic rings. The number of piperazine rings is 1. The van der Waals surface area contributed by atoms with Crippen molar-refractivity contribution in [3.63, 3.8) is 0 Å². The molecule has 112 valence electrons. The lowest BCUT2D eigenvalue weighted by Gasteiger charge is -2.34. The highest BCUT2D eigenvalue weighted by Crippen LogP contribution is 2.19. The summed E-state index contributed by atoms with van der Waals surface area (Å²) in [7, 11) is 1.66. The fraction of sp³-hybridized carbons (Fsp3) is 0.438. The van der Waals surface area contributed by atoms with E-state index in [1.165, 1.54) is 10.9 Å². The number of amides is 1. The van der Waals surface area contributed by atoms with E-state index in [0.717, 1.165) is 25.2 Å². The highest BCUT2D eigenvalue weighted by molar-refractivity contribution is 5.83. The van der Waals surface area contributed by atoms with Crippen molar-refractivity contribution >= 4 is 16.8 Å². The third kappa shape index (κ3) is 3.09. The van der Waals surface area contributed by atoms with Gasteiger partial charge in [0.1, 0.15) is 0 Å². The zero-order chi connectivity index (χ0) is 14.7. The van der Waals surface area contributed by atoms with Gasteiger partial charge in [0.05, 0.1) is 13.2 Å². The van der Waals surface area contributed by atoms with Crippen LogP contribution >= 0.6 is 0 Å². The molecule has 1 amide bonds. The van der Waals surface area contributed by atoms with Gasteiger partial charge >= 0.3 is 0 Å². The number of hydrogen-bond acceptors (Lipinski definition) is 3. The Balaban J connectivity index is 1.64. The highest BCUT2D eigenvalue weighted by Gasteiger charge is 2.23. The molecule has 1 N–H and O–H groups in total. The second-order valence-corrected chi connectivity index (χ2v) is 5.44. The minimum atomic E-state index is 0.194. The third-order valence-electron chi connectivity index (χ3n) is 4.04. The molecule has 0 atom stereocenters. The number of nitrogens with zero attached hydrogens (tertiary/aromatic N) is 2. The fourth-order valence-corrected chi connectivity index (χ4v) is 2.86. The third-order valence-corrected chi connectivity index (χ3v) is 4.04. The molecule has 5 nitrogen and oxygen atoms in total. The minimum absolute atomic E-state index is 0.194. The van der Waals surface area contributed by atoms with E-state index in [2.05, 4.69) is 34.1 Å². The number of fused-ring (bicyclic) bond motifs is 1. The van der Waals surface area contributed by atoms with Crippen molar-refractivity contribution in [1.29, 1.82) is 0 Å². The van der Waals surface area contributed by atoms with Gasteiger partial charge in [0.15, 0.2) is 0 Å². The summed E-state index contributed by atoms with van der Waals surface area (Å²) in [6.45, 7) is 4.30. The molecule has 0 saturated carbocycles. The number of nitrogens with one attached hydrogen (secondary N) is 1. The first-order chi connectivity index (χ1) is 10.3. The number of rotatable bonds is 5. The van der Waals surface area contributed by atoms with Crippen LogP contribution in [-0.4, -0.2) is 60.6 Å². The van der Waals surface area contributed by atoms with Crippen LogP contribution in [0.15, 0.2) is 30.5 Å². The van der Waals surface area contributed by atoms with Crippen LogP contribution in [0.4, 0.5) is 0 Å². The van der Waals surface area contributed by atoms with Crippen molar-refractivity contribution in [2.24, 2.45) is 0 Å². The molecule has 1 fully saturated rings. The number of hydrogen-bond donors (Lipinski definition) is 1. The Morgan fingerprint density at radius 1 is 1.29 bits per heavy atom. The van der Waals surface area contributed by atoms with Gasteiger partial charge in [-0.2, -0.15) is 0 Å². The lowest BCUT2D eigenvalue weighted by molar-refractivity contribution is -0.136. The van der Waals surface area contributed by atoms with Gasteiger partial charge in [-0.1, -0.05) is 12.1 Å². The first-order valence-electron chi connectivity index (χ1n) is 7.32. The number of methoxy groups -OCH3 is 1. The lowest BCUT2D eigenvalue weighted by atomic mass is 10.1. The van der Waals surface area contributed by atoms with Crippen molar-refractivity contribution < 1.29 is 9.53 Å². The molecule has 3 rings (SSSR count). The van der Waals surface area contributed by atoms with E-state index in [-0.39, 0.29) is 5.91 Å². The van der Waals surface area contributed by atoms with Gasteiger partial charge in [0, 0.05) is 50.4 Å². The summed E-state index contributed by atoms with van der Waals surface area (Å²) in [6, 6.07) is 8.37. The van der Waals surface area contributed by atoms with Gasteiger partial charge < -0.3 is 14.6 Å². The van der Waals surface area contributed by atoms with Crippen molar-refractivity contribution in [3.05, 3.63) is 36.0 Å². The minimum Gasteiger partial charge on any atom is -0.383 e. The molecule has 0 spiro atoms. The largest absolute Gasteiger partial charge is 0.383 e. The van der Waals surface area contributed by atoms with E-state index < -0.39 is 0 Å². The zero-order valence-corrected chi connectivity index (χ0v) is 12.3. The predicted octanol–water partition coefficient (Wildman–Crippen LogP) is 1.46. The first kappa shape index (κ1) is 14.1. The topological polar surface area (TPSA) is 48.6 Å². The van der Waals surface area contributed by atoms with Crippen LogP contribution in [0.3, 0.4) is 0 Å². The molecule has 0 aliphatic carbocycles. The second kappa shape index (κ2) is 6.28. The number of carbonyl (C=O) groups is 1. The summed E-state index contributed by atoms with van der Waals surface area (Å²) in [5, 5.41) is 1.24. The smallest absolute Gasteiger partial charge is 0.236 e. The molecule has 1 aromatic carbocycles. The van der Waals surface area contributed by atoms with E-state index >= 15 is 0 Å². The molecular formula is C16H21N3O2. The number of ether oxygens (including phenoxy) is 1. The van der Waals surface area contributed by atoms with Gasteiger partial charge in [-0.25, -0.2) is 0 Å². The fourth-order valence-electron chi connectivity index (χ4n) is 2.86. The molecule has 0 radical (unpaired) electrons. The Labute approximate surface area is 124 Å². The summed E-state index contributed by atoms with van der Waals surface area (Å²) in [5.74, 6) is 0.194. The van der Waals surface area contributed by atoms with E-state index in [4.69, 9.17) is 4.74 Å². The van der Waals surface area contributed by atoms with E-state index in [1.54, 1.807) is 7.11 Å².